The van der Waals surface area contributed by atoms with Gasteiger partial charge in [-0.25, -0.2) is 0 Å². The van der Waals surface area contributed by atoms with E-state index in [0.29, 0.717) is 16.7 Å². The summed E-state index contributed by atoms with van der Waals surface area (Å²) < 4.78 is 0. The zero-order valence-corrected chi connectivity index (χ0v) is 19.6. The highest BCUT2D eigenvalue weighted by molar-refractivity contribution is 6.31. The summed E-state index contributed by atoms with van der Waals surface area (Å²) in [4.78, 5) is 29.7. The van der Waals surface area contributed by atoms with Crippen molar-refractivity contribution in [2.45, 2.75) is 19.3 Å². The second kappa shape index (κ2) is 11.1. The Morgan fingerprint density at radius 2 is 1.74 bits per heavy atom. The Morgan fingerprint density at radius 1 is 0.971 bits per heavy atom. The maximum atomic E-state index is 12.6. The molecule has 2 aromatic rings. The van der Waals surface area contributed by atoms with Crippen LogP contribution in [0.1, 0.15) is 40.7 Å². The first-order valence-corrected chi connectivity index (χ1v) is 11.8. The second-order valence-electron chi connectivity index (χ2n) is 8.75. The number of hydrogen-bond donors (Lipinski definition) is 3. The van der Waals surface area contributed by atoms with Crippen LogP contribution in [0, 0.1) is 0 Å². The van der Waals surface area contributed by atoms with Gasteiger partial charge in [0.15, 0.2) is 0 Å². The van der Waals surface area contributed by atoms with Crippen molar-refractivity contribution < 1.29 is 14.7 Å². The molecule has 0 bridgehead atoms. The molecule has 4 rings (SSSR count). The molecule has 0 aromatic heterocycles. The molecule has 2 aliphatic rings. The molecular weight excluding hydrogens is 428 g/mol. The minimum absolute atomic E-state index is 0.198. The number of fused-ring (bicyclic) bond motifs is 1. The van der Waals surface area contributed by atoms with Crippen molar-refractivity contribution in [2.75, 3.05) is 50.1 Å². The quantitative estimate of drug-likeness (QED) is 0.318. The number of hydrogen-bond acceptors (Lipinski definition) is 6. The van der Waals surface area contributed by atoms with Crippen molar-refractivity contribution in [3.8, 4) is 0 Å². The number of benzene rings is 2. The Labute approximate surface area is 200 Å². The van der Waals surface area contributed by atoms with Crippen LogP contribution in [0.3, 0.4) is 0 Å². The average molecular weight is 461 g/mol. The number of amides is 2. The first kappa shape index (κ1) is 23.7. The fourth-order valence-corrected chi connectivity index (χ4v) is 4.17. The summed E-state index contributed by atoms with van der Waals surface area (Å²) in [5.41, 5.74) is 4.51. The van der Waals surface area contributed by atoms with E-state index in [1.54, 1.807) is 12.3 Å². The van der Waals surface area contributed by atoms with E-state index in [9.17, 15) is 9.59 Å². The summed E-state index contributed by atoms with van der Waals surface area (Å²) >= 11 is 0. The van der Waals surface area contributed by atoms with Crippen LogP contribution in [0.15, 0.2) is 54.7 Å². The summed E-state index contributed by atoms with van der Waals surface area (Å²) in [5.74, 6) is -0.796. The van der Waals surface area contributed by atoms with Crippen LogP contribution in [0.2, 0.25) is 0 Å². The standard InChI is InChI=1S/C27H32N4O3/c1-30-13-15-31(16-14-30)22-10-8-21(9-11-22)28-19-25-24-18-20(6-4-2-3-5-17-32)7-12-23(24)26(33)29-27(25)34/h4,6-12,18-19,28,32H,2-3,5,13-17H2,1H3,(H,29,33,34)/b6-4+,25-19-. The fraction of sp³-hybridized carbons (Fsp3) is 0.333. The van der Waals surface area contributed by atoms with Gasteiger partial charge in [0.05, 0.1) is 5.57 Å². The number of nitrogens with zero attached hydrogens (tertiary/aromatic N) is 2. The molecular formula is C27H32N4O3. The topological polar surface area (TPSA) is 84.9 Å². The summed E-state index contributed by atoms with van der Waals surface area (Å²) in [6, 6.07) is 13.7. The molecule has 7 nitrogen and oxygen atoms in total. The molecule has 34 heavy (non-hydrogen) atoms. The largest absolute Gasteiger partial charge is 0.396 e. The van der Waals surface area contributed by atoms with E-state index in [1.807, 2.05) is 36.4 Å². The molecule has 0 aliphatic carbocycles. The van der Waals surface area contributed by atoms with Gasteiger partial charge < -0.3 is 20.2 Å². The Bertz CT molecular complexity index is 1080. The molecule has 2 aliphatic heterocycles. The predicted octanol–water partition coefficient (Wildman–Crippen LogP) is 3.34. The molecule has 2 heterocycles. The maximum absolute atomic E-state index is 12.6. The molecule has 178 valence electrons. The molecule has 0 unspecified atom stereocenters. The Balaban J connectivity index is 1.49. The average Bonchev–Trinajstić information content (AvgIpc) is 2.84. The lowest BCUT2D eigenvalue weighted by molar-refractivity contribution is -0.114. The van der Waals surface area contributed by atoms with Crippen LogP contribution in [0.5, 0.6) is 0 Å². The predicted molar refractivity (Wildman–Crippen MR) is 137 cm³/mol. The van der Waals surface area contributed by atoms with Gasteiger partial charge in [-0.3, -0.25) is 14.9 Å². The number of allylic oxidation sites excluding steroid dienone is 1. The van der Waals surface area contributed by atoms with Crippen LogP contribution in [0.4, 0.5) is 11.4 Å². The number of likely N-dealkylation sites (N-methyl/N-ethyl adjacent to an activating group) is 1. The summed E-state index contributed by atoms with van der Waals surface area (Å²) in [6.07, 6.45) is 8.26. The molecule has 1 fully saturated rings. The van der Waals surface area contributed by atoms with E-state index in [2.05, 4.69) is 39.6 Å². The fourth-order valence-electron chi connectivity index (χ4n) is 4.17. The van der Waals surface area contributed by atoms with Gasteiger partial charge in [0.1, 0.15) is 0 Å². The molecule has 0 saturated carbocycles. The maximum Gasteiger partial charge on any atom is 0.260 e. The zero-order valence-electron chi connectivity index (χ0n) is 19.6. The number of anilines is 2. The van der Waals surface area contributed by atoms with Gasteiger partial charge in [-0.2, -0.15) is 0 Å². The number of rotatable bonds is 8. The summed E-state index contributed by atoms with van der Waals surface area (Å²) in [6.45, 7) is 4.33. The van der Waals surface area contributed by atoms with Crippen molar-refractivity contribution in [3.63, 3.8) is 0 Å². The van der Waals surface area contributed by atoms with E-state index in [0.717, 1.165) is 56.7 Å². The highest BCUT2D eigenvalue weighted by atomic mass is 16.3. The van der Waals surface area contributed by atoms with Crippen LogP contribution in [0.25, 0.3) is 11.6 Å². The van der Waals surface area contributed by atoms with Crippen LogP contribution in [-0.2, 0) is 4.79 Å². The number of imide groups is 1. The van der Waals surface area contributed by atoms with Gasteiger partial charge >= 0.3 is 0 Å². The molecule has 0 spiro atoms. The molecule has 7 heteroatoms. The third kappa shape index (κ3) is 5.73. The van der Waals surface area contributed by atoms with Gasteiger partial charge in [0.2, 0.25) is 0 Å². The van der Waals surface area contributed by atoms with Crippen LogP contribution >= 0.6 is 0 Å². The number of carbonyl (C=O) groups excluding carboxylic acids is 2. The van der Waals surface area contributed by atoms with Crippen molar-refractivity contribution in [2.24, 2.45) is 0 Å². The van der Waals surface area contributed by atoms with E-state index in [4.69, 9.17) is 5.11 Å². The Morgan fingerprint density at radius 3 is 2.47 bits per heavy atom. The van der Waals surface area contributed by atoms with Gasteiger partial charge in [-0.05, 0) is 68.3 Å². The highest BCUT2D eigenvalue weighted by Crippen LogP contribution is 2.27. The monoisotopic (exact) mass is 460 g/mol. The lowest BCUT2D eigenvalue weighted by Crippen LogP contribution is -2.44. The number of aliphatic hydroxyl groups is 1. The molecule has 0 radical (unpaired) electrons. The van der Waals surface area contributed by atoms with Crippen molar-refractivity contribution in [1.29, 1.82) is 0 Å². The first-order chi connectivity index (χ1) is 16.5. The first-order valence-electron chi connectivity index (χ1n) is 11.8. The summed E-state index contributed by atoms with van der Waals surface area (Å²) in [5, 5.41) is 14.5. The normalized spacial score (nSPS) is 17.8. The second-order valence-corrected chi connectivity index (χ2v) is 8.75. The number of nitrogens with one attached hydrogen (secondary N) is 2. The highest BCUT2D eigenvalue weighted by Gasteiger charge is 2.27. The van der Waals surface area contributed by atoms with Gasteiger partial charge in [0.25, 0.3) is 11.8 Å². The van der Waals surface area contributed by atoms with Gasteiger partial charge in [-0.15, -0.1) is 0 Å². The smallest absolute Gasteiger partial charge is 0.260 e. The Hall–Kier alpha value is -3.42. The zero-order chi connectivity index (χ0) is 23.9. The minimum atomic E-state index is -0.414. The third-order valence-electron chi connectivity index (χ3n) is 6.26. The van der Waals surface area contributed by atoms with Crippen LogP contribution in [-0.4, -0.2) is 61.7 Å². The number of unbranched alkanes of at least 4 members (excludes halogenated alkanes) is 2. The number of aliphatic hydroxyl groups excluding tert-OH is 1. The SMILES string of the molecule is CN1CCN(c2ccc(N/C=C3\C(=O)NC(=O)c4ccc(/C=C/CCCCO)cc43)cc2)CC1. The van der Waals surface area contributed by atoms with Crippen molar-refractivity contribution >= 4 is 34.8 Å². The van der Waals surface area contributed by atoms with E-state index >= 15 is 0 Å². The van der Waals surface area contributed by atoms with E-state index in [-0.39, 0.29) is 12.5 Å². The lowest BCUT2D eigenvalue weighted by Gasteiger charge is -2.34. The van der Waals surface area contributed by atoms with Gasteiger partial charge in [0, 0.05) is 61.5 Å². The molecule has 2 aromatic carbocycles. The van der Waals surface area contributed by atoms with E-state index in [1.165, 1.54) is 5.69 Å². The molecule has 3 N–H and O–H groups in total. The van der Waals surface area contributed by atoms with Gasteiger partial charge in [-0.1, -0.05) is 18.2 Å². The van der Waals surface area contributed by atoms with E-state index < -0.39 is 5.91 Å². The molecule has 1 saturated heterocycles. The number of piperazine rings is 1. The third-order valence-corrected chi connectivity index (χ3v) is 6.26. The van der Waals surface area contributed by atoms with Crippen molar-refractivity contribution in [1.82, 2.24) is 10.2 Å². The number of carbonyl (C=O) groups is 2. The van der Waals surface area contributed by atoms with Crippen LogP contribution < -0.4 is 15.5 Å². The lowest BCUT2D eigenvalue weighted by atomic mass is 9.93. The van der Waals surface area contributed by atoms with Crippen molar-refractivity contribution in [3.05, 3.63) is 71.4 Å². The minimum Gasteiger partial charge on any atom is -0.396 e. The molecule has 0 atom stereocenters. The molecule has 2 amide bonds. The Kier molecular flexibility index (Phi) is 7.77. The summed E-state index contributed by atoms with van der Waals surface area (Å²) in [7, 11) is 2.14.